The van der Waals surface area contributed by atoms with Crippen LogP contribution in [0.2, 0.25) is 0 Å². The van der Waals surface area contributed by atoms with Crippen molar-refractivity contribution >= 4 is 5.91 Å². The molecular formula is C25H23F4N3O3. The first kappa shape index (κ1) is 24.6. The lowest BCUT2D eigenvalue weighted by molar-refractivity contribution is -0.137. The van der Waals surface area contributed by atoms with Crippen LogP contribution in [0.25, 0.3) is 5.69 Å². The van der Waals surface area contributed by atoms with Crippen LogP contribution in [0.4, 0.5) is 17.6 Å². The highest BCUT2D eigenvalue weighted by Crippen LogP contribution is 2.33. The molecule has 3 aromatic rings. The number of aromatic nitrogens is 2. The van der Waals surface area contributed by atoms with Crippen LogP contribution in [0.15, 0.2) is 59.4 Å². The molecule has 0 bridgehead atoms. The maximum absolute atomic E-state index is 13.7. The van der Waals surface area contributed by atoms with E-state index in [0.717, 1.165) is 23.2 Å². The first-order chi connectivity index (χ1) is 16.6. The Bertz CT molecular complexity index is 1280. The quantitative estimate of drug-likeness (QED) is 0.478. The van der Waals surface area contributed by atoms with E-state index in [0.29, 0.717) is 18.6 Å². The molecule has 184 valence electrons. The van der Waals surface area contributed by atoms with E-state index in [1.54, 1.807) is 6.07 Å². The highest BCUT2D eigenvalue weighted by molar-refractivity contribution is 5.92. The molecule has 1 amide bonds. The van der Waals surface area contributed by atoms with Gasteiger partial charge in [-0.1, -0.05) is 24.3 Å². The Hall–Kier alpha value is -3.53. The smallest absolute Gasteiger partial charge is 0.376 e. The van der Waals surface area contributed by atoms with Crippen molar-refractivity contribution in [2.24, 2.45) is 0 Å². The summed E-state index contributed by atoms with van der Waals surface area (Å²) in [7, 11) is 0. The molecule has 6 nitrogen and oxygen atoms in total. The fourth-order valence-corrected chi connectivity index (χ4v) is 4.10. The number of halogens is 4. The molecule has 2 aromatic carbocycles. The molecule has 1 saturated heterocycles. The normalized spacial score (nSPS) is 15.9. The minimum absolute atomic E-state index is 0.0232. The van der Waals surface area contributed by atoms with E-state index in [1.807, 2.05) is 0 Å². The number of hydrogen-bond donors (Lipinski definition) is 0. The van der Waals surface area contributed by atoms with Gasteiger partial charge in [0.05, 0.1) is 17.4 Å². The predicted molar refractivity (Wildman–Crippen MR) is 120 cm³/mol. The van der Waals surface area contributed by atoms with Crippen molar-refractivity contribution in [3.63, 3.8) is 0 Å². The summed E-state index contributed by atoms with van der Waals surface area (Å²) in [5.41, 5.74) is -1.87. The maximum Gasteiger partial charge on any atom is 0.418 e. The molecule has 4 rings (SSSR count). The number of rotatable bonds is 6. The van der Waals surface area contributed by atoms with Crippen LogP contribution >= 0.6 is 0 Å². The van der Waals surface area contributed by atoms with E-state index >= 15 is 0 Å². The lowest BCUT2D eigenvalue weighted by atomic mass is 10.1. The Labute approximate surface area is 198 Å². The fourth-order valence-electron chi connectivity index (χ4n) is 4.10. The van der Waals surface area contributed by atoms with Crippen LogP contribution in [0, 0.1) is 12.7 Å². The van der Waals surface area contributed by atoms with E-state index in [4.69, 9.17) is 4.74 Å². The molecule has 0 spiro atoms. The summed E-state index contributed by atoms with van der Waals surface area (Å²) < 4.78 is 61.2. The zero-order chi connectivity index (χ0) is 25.2. The molecule has 1 aliphatic rings. The number of amides is 1. The predicted octanol–water partition coefficient (Wildman–Crippen LogP) is 4.52. The largest absolute Gasteiger partial charge is 0.418 e. The highest BCUT2D eigenvalue weighted by Gasteiger charge is 2.34. The molecule has 0 radical (unpaired) electrons. The Kier molecular flexibility index (Phi) is 7.02. The van der Waals surface area contributed by atoms with Crippen LogP contribution in [0.5, 0.6) is 0 Å². The Morgan fingerprint density at radius 2 is 1.94 bits per heavy atom. The van der Waals surface area contributed by atoms with Crippen LogP contribution in [0.1, 0.15) is 40.2 Å². The fraction of sp³-hybridized carbons (Fsp3) is 0.320. The minimum Gasteiger partial charge on any atom is -0.376 e. The molecule has 1 aliphatic heterocycles. The number of carbonyl (C=O) groups is 1. The van der Waals surface area contributed by atoms with Crippen LogP contribution in [-0.2, 0) is 17.5 Å². The molecule has 2 heterocycles. The molecule has 1 fully saturated rings. The molecule has 0 saturated carbocycles. The Balaban J connectivity index is 1.75. The topological polar surface area (TPSA) is 64.4 Å². The summed E-state index contributed by atoms with van der Waals surface area (Å²) in [6.07, 6.45) is -3.42. The molecular weight excluding hydrogens is 466 g/mol. The Morgan fingerprint density at radius 1 is 1.17 bits per heavy atom. The van der Waals surface area contributed by atoms with Crippen LogP contribution in [-0.4, -0.2) is 39.8 Å². The third-order valence-electron chi connectivity index (χ3n) is 5.75. The van der Waals surface area contributed by atoms with Gasteiger partial charge in [-0.2, -0.15) is 18.3 Å². The van der Waals surface area contributed by atoms with Gasteiger partial charge in [0.2, 0.25) is 5.43 Å². The van der Waals surface area contributed by atoms with Gasteiger partial charge in [-0.25, -0.2) is 9.07 Å². The third kappa shape index (κ3) is 5.59. The second-order valence-electron chi connectivity index (χ2n) is 8.38. The van der Waals surface area contributed by atoms with Crippen LogP contribution < -0.4 is 5.43 Å². The van der Waals surface area contributed by atoms with E-state index in [1.165, 1.54) is 48.2 Å². The van der Waals surface area contributed by atoms with Crippen molar-refractivity contribution in [1.82, 2.24) is 14.7 Å². The molecule has 1 unspecified atom stereocenters. The second-order valence-corrected chi connectivity index (χ2v) is 8.38. The molecule has 35 heavy (non-hydrogen) atoms. The first-order valence-electron chi connectivity index (χ1n) is 11.1. The number of ether oxygens (including phenoxy) is 1. The van der Waals surface area contributed by atoms with Gasteiger partial charge in [-0.3, -0.25) is 9.59 Å². The van der Waals surface area contributed by atoms with Crippen molar-refractivity contribution in [3.8, 4) is 5.69 Å². The van der Waals surface area contributed by atoms with Gasteiger partial charge in [0.1, 0.15) is 5.82 Å². The van der Waals surface area contributed by atoms with Crippen molar-refractivity contribution in [2.75, 3.05) is 13.2 Å². The molecule has 1 aromatic heterocycles. The summed E-state index contributed by atoms with van der Waals surface area (Å²) in [4.78, 5) is 27.6. The standard InChI is InChI=1S/C25H23F4N3O3/c1-16-12-22(33)23(30-32(16)21-10-3-2-9-20(21)25(27,28)29)24(34)31(15-19-8-5-11-35-19)14-17-6-4-7-18(26)13-17/h2-4,6-7,9-10,12-13,19H,5,8,11,14-15H2,1H3. The minimum atomic E-state index is -4.67. The average molecular weight is 489 g/mol. The highest BCUT2D eigenvalue weighted by atomic mass is 19.4. The van der Waals surface area contributed by atoms with Gasteiger partial charge in [-0.05, 0) is 49.6 Å². The van der Waals surface area contributed by atoms with E-state index in [-0.39, 0.29) is 30.6 Å². The number of alkyl halides is 3. The lowest BCUT2D eigenvalue weighted by Crippen LogP contribution is -2.40. The number of para-hydroxylation sites is 1. The van der Waals surface area contributed by atoms with Gasteiger partial charge in [0, 0.05) is 31.5 Å². The lowest BCUT2D eigenvalue weighted by Gasteiger charge is -2.25. The zero-order valence-electron chi connectivity index (χ0n) is 18.9. The second kappa shape index (κ2) is 9.99. The number of aryl methyl sites for hydroxylation is 1. The number of nitrogens with zero attached hydrogens (tertiary/aromatic N) is 3. The van der Waals surface area contributed by atoms with Gasteiger partial charge in [0.15, 0.2) is 5.69 Å². The zero-order valence-corrected chi connectivity index (χ0v) is 18.9. The van der Waals surface area contributed by atoms with Gasteiger partial charge >= 0.3 is 6.18 Å². The summed E-state index contributed by atoms with van der Waals surface area (Å²) in [5, 5.41) is 4.07. The summed E-state index contributed by atoms with van der Waals surface area (Å²) in [5.74, 6) is -1.25. The van der Waals surface area contributed by atoms with Gasteiger partial charge in [-0.15, -0.1) is 0 Å². The molecule has 0 N–H and O–H groups in total. The van der Waals surface area contributed by atoms with Gasteiger partial charge < -0.3 is 9.64 Å². The number of carbonyl (C=O) groups excluding carboxylic acids is 1. The molecule has 0 aliphatic carbocycles. The maximum atomic E-state index is 13.7. The Morgan fingerprint density at radius 3 is 2.63 bits per heavy atom. The average Bonchev–Trinajstić information content (AvgIpc) is 3.31. The number of benzene rings is 2. The third-order valence-corrected chi connectivity index (χ3v) is 5.75. The summed E-state index contributed by atoms with van der Waals surface area (Å²) in [6.45, 7) is 2.08. The van der Waals surface area contributed by atoms with Crippen molar-refractivity contribution < 1.29 is 27.1 Å². The van der Waals surface area contributed by atoms with E-state index < -0.39 is 34.6 Å². The van der Waals surface area contributed by atoms with E-state index in [9.17, 15) is 27.2 Å². The molecule has 10 heteroatoms. The van der Waals surface area contributed by atoms with Crippen molar-refractivity contribution in [1.29, 1.82) is 0 Å². The van der Waals surface area contributed by atoms with Crippen molar-refractivity contribution in [2.45, 2.75) is 38.6 Å². The summed E-state index contributed by atoms with van der Waals surface area (Å²) >= 11 is 0. The van der Waals surface area contributed by atoms with Crippen molar-refractivity contribution in [3.05, 3.63) is 93.2 Å². The monoisotopic (exact) mass is 489 g/mol. The van der Waals surface area contributed by atoms with Gasteiger partial charge in [0.25, 0.3) is 5.91 Å². The van der Waals surface area contributed by atoms with E-state index in [2.05, 4.69) is 5.10 Å². The SMILES string of the molecule is Cc1cc(=O)c(C(=O)N(Cc2cccc(F)c2)CC2CCCO2)nn1-c1ccccc1C(F)(F)F. The van der Waals surface area contributed by atoms with Crippen LogP contribution in [0.3, 0.4) is 0 Å². The first-order valence-corrected chi connectivity index (χ1v) is 11.1. The molecule has 1 atom stereocenters. The number of hydrogen-bond acceptors (Lipinski definition) is 4. The summed E-state index contributed by atoms with van der Waals surface area (Å²) in [6, 6.07) is 11.6.